The molecule has 7 rings (SSSR count). The van der Waals surface area contributed by atoms with Gasteiger partial charge in [-0.3, -0.25) is 0 Å². The predicted molar refractivity (Wildman–Crippen MR) is 147 cm³/mol. The summed E-state index contributed by atoms with van der Waals surface area (Å²) in [5, 5.41) is 13.3. The van der Waals surface area contributed by atoms with Crippen molar-refractivity contribution >= 4 is 21.9 Å². The van der Waals surface area contributed by atoms with Gasteiger partial charge in [-0.1, -0.05) is 78.9 Å². The third-order valence-electron chi connectivity index (χ3n) is 7.24. The smallest absolute Gasteiger partial charge is 0.232 e. The SMILES string of the molecule is COc1ccc2c(c1)C(C)(O)Oc1cc(-c3ccc(-c4cccc5c4oc4ccccc45)cc3)ccc1-2. The third-order valence-corrected chi connectivity index (χ3v) is 7.24. The minimum absolute atomic E-state index is 0.649. The first kappa shape index (κ1) is 21.7. The zero-order valence-corrected chi connectivity index (χ0v) is 20.5. The molecule has 0 amide bonds. The van der Waals surface area contributed by atoms with Crippen LogP contribution >= 0.6 is 0 Å². The van der Waals surface area contributed by atoms with Crippen LogP contribution in [0.15, 0.2) is 108 Å². The van der Waals surface area contributed by atoms with E-state index in [2.05, 4.69) is 54.6 Å². The van der Waals surface area contributed by atoms with Gasteiger partial charge in [0, 0.05) is 34.4 Å². The molecule has 2 heterocycles. The maximum Gasteiger partial charge on any atom is 0.232 e. The lowest BCUT2D eigenvalue weighted by atomic mass is 9.89. The highest BCUT2D eigenvalue weighted by Gasteiger charge is 2.35. The van der Waals surface area contributed by atoms with Crippen LogP contribution in [0.1, 0.15) is 12.5 Å². The lowest BCUT2D eigenvalue weighted by Gasteiger charge is -2.33. The molecule has 0 saturated heterocycles. The first-order chi connectivity index (χ1) is 18.0. The van der Waals surface area contributed by atoms with Crippen LogP contribution < -0.4 is 9.47 Å². The van der Waals surface area contributed by atoms with Crippen molar-refractivity contribution in [2.45, 2.75) is 12.7 Å². The Morgan fingerprint density at radius 3 is 2.24 bits per heavy atom. The average molecular weight is 485 g/mol. The molecule has 1 aromatic heterocycles. The Balaban J connectivity index is 1.27. The maximum absolute atomic E-state index is 11.1. The average Bonchev–Trinajstić information content (AvgIpc) is 3.31. The van der Waals surface area contributed by atoms with Crippen LogP contribution in [0.2, 0.25) is 0 Å². The highest BCUT2D eigenvalue weighted by Crippen LogP contribution is 2.46. The van der Waals surface area contributed by atoms with Crippen molar-refractivity contribution < 1.29 is 19.0 Å². The van der Waals surface area contributed by atoms with Crippen LogP contribution in [0, 0.1) is 0 Å². The van der Waals surface area contributed by atoms with Gasteiger partial charge in [0.1, 0.15) is 22.7 Å². The summed E-state index contributed by atoms with van der Waals surface area (Å²) >= 11 is 0. The summed E-state index contributed by atoms with van der Waals surface area (Å²) in [6, 6.07) is 34.7. The molecule has 4 heteroatoms. The molecule has 0 spiro atoms. The van der Waals surface area contributed by atoms with Crippen molar-refractivity contribution in [3.05, 3.63) is 109 Å². The Labute approximate surface area is 214 Å². The molecule has 4 nitrogen and oxygen atoms in total. The minimum atomic E-state index is -1.45. The summed E-state index contributed by atoms with van der Waals surface area (Å²) in [7, 11) is 1.61. The first-order valence-electron chi connectivity index (χ1n) is 12.3. The molecule has 0 bridgehead atoms. The maximum atomic E-state index is 11.1. The summed E-state index contributed by atoms with van der Waals surface area (Å²) in [5.74, 6) is -0.123. The normalized spacial score (nSPS) is 16.3. The van der Waals surface area contributed by atoms with Crippen molar-refractivity contribution in [3.8, 4) is 44.9 Å². The van der Waals surface area contributed by atoms with Gasteiger partial charge in [0.25, 0.3) is 0 Å². The van der Waals surface area contributed by atoms with Gasteiger partial charge in [0.15, 0.2) is 0 Å². The van der Waals surface area contributed by atoms with Crippen LogP contribution in [0.25, 0.3) is 55.3 Å². The zero-order valence-electron chi connectivity index (χ0n) is 20.5. The second kappa shape index (κ2) is 7.99. The molecule has 0 radical (unpaired) electrons. The topological polar surface area (TPSA) is 51.8 Å². The van der Waals surface area contributed by atoms with Crippen LogP contribution in [0.3, 0.4) is 0 Å². The molecule has 1 aliphatic rings. The van der Waals surface area contributed by atoms with Crippen LogP contribution in [-0.2, 0) is 5.79 Å². The molecule has 0 aliphatic carbocycles. The van der Waals surface area contributed by atoms with E-state index in [1.165, 1.54) is 0 Å². The molecule has 0 saturated carbocycles. The summed E-state index contributed by atoms with van der Waals surface area (Å²) < 4.78 is 17.6. The fourth-order valence-corrected chi connectivity index (χ4v) is 5.36. The molecule has 180 valence electrons. The highest BCUT2D eigenvalue weighted by molar-refractivity contribution is 6.09. The van der Waals surface area contributed by atoms with Gasteiger partial charge in [-0.25, -0.2) is 0 Å². The van der Waals surface area contributed by atoms with E-state index in [1.807, 2.05) is 48.5 Å². The van der Waals surface area contributed by atoms with Gasteiger partial charge in [-0.05, 0) is 46.5 Å². The summed E-state index contributed by atoms with van der Waals surface area (Å²) in [5.41, 5.74) is 8.60. The van der Waals surface area contributed by atoms with Crippen molar-refractivity contribution in [1.82, 2.24) is 0 Å². The number of para-hydroxylation sites is 2. The summed E-state index contributed by atoms with van der Waals surface area (Å²) in [6.07, 6.45) is 0. The van der Waals surface area contributed by atoms with E-state index in [4.69, 9.17) is 13.9 Å². The van der Waals surface area contributed by atoms with E-state index >= 15 is 0 Å². The number of methoxy groups -OCH3 is 1. The fraction of sp³-hybridized carbons (Fsp3) is 0.0909. The largest absolute Gasteiger partial charge is 0.497 e. The molecule has 0 fully saturated rings. The van der Waals surface area contributed by atoms with Crippen molar-refractivity contribution in [2.75, 3.05) is 7.11 Å². The predicted octanol–water partition coefficient (Wildman–Crippen LogP) is 8.15. The molecule has 6 aromatic rings. The highest BCUT2D eigenvalue weighted by atomic mass is 16.6. The Kier molecular flexibility index (Phi) is 4.69. The van der Waals surface area contributed by atoms with E-state index < -0.39 is 5.79 Å². The quantitative estimate of drug-likeness (QED) is 0.275. The number of hydrogen-bond acceptors (Lipinski definition) is 4. The van der Waals surface area contributed by atoms with Crippen molar-refractivity contribution in [1.29, 1.82) is 0 Å². The number of ether oxygens (including phenoxy) is 2. The molecular formula is C33H24O4. The number of hydrogen-bond donors (Lipinski definition) is 1. The molecule has 1 unspecified atom stereocenters. The first-order valence-corrected chi connectivity index (χ1v) is 12.3. The van der Waals surface area contributed by atoms with Crippen LogP contribution in [-0.4, -0.2) is 12.2 Å². The Morgan fingerprint density at radius 2 is 1.41 bits per heavy atom. The molecule has 5 aromatic carbocycles. The van der Waals surface area contributed by atoms with E-state index in [0.29, 0.717) is 17.1 Å². The number of aliphatic hydroxyl groups is 1. The molecule has 1 atom stereocenters. The number of benzene rings is 5. The summed E-state index contributed by atoms with van der Waals surface area (Å²) in [6.45, 7) is 1.66. The Bertz CT molecular complexity index is 1810. The molecular weight excluding hydrogens is 460 g/mol. The summed E-state index contributed by atoms with van der Waals surface area (Å²) in [4.78, 5) is 0. The zero-order chi connectivity index (χ0) is 25.1. The number of rotatable bonds is 3. The van der Waals surface area contributed by atoms with Gasteiger partial charge in [0.05, 0.1) is 7.11 Å². The number of fused-ring (bicyclic) bond motifs is 6. The van der Waals surface area contributed by atoms with Gasteiger partial charge in [-0.15, -0.1) is 0 Å². The molecule has 1 N–H and O–H groups in total. The molecule has 37 heavy (non-hydrogen) atoms. The second-order valence-corrected chi connectivity index (χ2v) is 9.57. The minimum Gasteiger partial charge on any atom is -0.497 e. The van der Waals surface area contributed by atoms with Gasteiger partial charge in [0.2, 0.25) is 5.79 Å². The van der Waals surface area contributed by atoms with Crippen molar-refractivity contribution in [2.24, 2.45) is 0 Å². The van der Waals surface area contributed by atoms with Gasteiger partial charge < -0.3 is 19.0 Å². The van der Waals surface area contributed by atoms with Gasteiger partial charge >= 0.3 is 0 Å². The van der Waals surface area contributed by atoms with Crippen molar-refractivity contribution in [3.63, 3.8) is 0 Å². The van der Waals surface area contributed by atoms with Crippen LogP contribution in [0.5, 0.6) is 11.5 Å². The monoisotopic (exact) mass is 484 g/mol. The lowest BCUT2D eigenvalue weighted by molar-refractivity contribution is -0.130. The second-order valence-electron chi connectivity index (χ2n) is 9.57. The van der Waals surface area contributed by atoms with E-state index in [9.17, 15) is 5.11 Å². The molecule has 1 aliphatic heterocycles. The standard InChI is InChI=1S/C33H24O4/c1-33(34)29-19-23(35-2)15-17-25(29)27-16-14-22(18-31(27)37-33)20-10-12-21(13-11-20)24-7-5-8-28-26-6-3-4-9-30(26)36-32(24)28/h3-19,34H,1-2H3. The third kappa shape index (κ3) is 3.41. The van der Waals surface area contributed by atoms with Gasteiger partial charge in [-0.2, -0.15) is 0 Å². The van der Waals surface area contributed by atoms with E-state index in [1.54, 1.807) is 14.0 Å². The van der Waals surface area contributed by atoms with E-state index in [0.717, 1.165) is 55.3 Å². The number of furan rings is 1. The Morgan fingerprint density at radius 1 is 0.676 bits per heavy atom. The fourth-order valence-electron chi connectivity index (χ4n) is 5.36. The lowest BCUT2D eigenvalue weighted by Crippen LogP contribution is -2.32. The van der Waals surface area contributed by atoms with E-state index in [-0.39, 0.29) is 0 Å². The Hall–Kier alpha value is -4.54. The van der Waals surface area contributed by atoms with Crippen LogP contribution in [0.4, 0.5) is 0 Å².